The van der Waals surface area contributed by atoms with Crippen LogP contribution in [0.15, 0.2) is 42.5 Å². The summed E-state index contributed by atoms with van der Waals surface area (Å²) in [5.74, 6) is -0.636. The number of methoxy groups -OCH3 is 2. The number of anilines is 1. The first-order chi connectivity index (χ1) is 13.5. The zero-order valence-electron chi connectivity index (χ0n) is 15.4. The highest BCUT2D eigenvalue weighted by molar-refractivity contribution is 6.00. The fraction of sp³-hybridized carbons (Fsp3) is 0.200. The number of nitrogens with one attached hydrogen (secondary N) is 1. The highest BCUT2D eigenvalue weighted by Crippen LogP contribution is 2.27. The van der Waals surface area contributed by atoms with Crippen molar-refractivity contribution in [3.63, 3.8) is 0 Å². The van der Waals surface area contributed by atoms with Crippen LogP contribution in [-0.2, 0) is 9.53 Å². The summed E-state index contributed by atoms with van der Waals surface area (Å²) < 4.78 is 15.3. The SMILES string of the molecule is COc1ccc(C(=O)COC(=O)c2ccc(NC(=O)CC#N)cc2)cc1OC. The van der Waals surface area contributed by atoms with Gasteiger partial charge in [-0.1, -0.05) is 0 Å². The van der Waals surface area contributed by atoms with Gasteiger partial charge in [0.25, 0.3) is 0 Å². The number of benzene rings is 2. The van der Waals surface area contributed by atoms with Crippen molar-refractivity contribution in [2.45, 2.75) is 6.42 Å². The number of nitrogens with zero attached hydrogens (tertiary/aromatic N) is 1. The highest BCUT2D eigenvalue weighted by atomic mass is 16.5. The molecule has 0 aliphatic rings. The van der Waals surface area contributed by atoms with E-state index in [1.54, 1.807) is 18.2 Å². The van der Waals surface area contributed by atoms with Crippen molar-refractivity contribution >= 4 is 23.3 Å². The van der Waals surface area contributed by atoms with Crippen LogP contribution in [0, 0.1) is 11.3 Å². The second-order valence-electron chi connectivity index (χ2n) is 5.53. The Hall–Kier alpha value is -3.86. The lowest BCUT2D eigenvalue weighted by atomic mass is 10.1. The average Bonchev–Trinajstić information content (AvgIpc) is 2.71. The summed E-state index contributed by atoms with van der Waals surface area (Å²) in [6, 6.07) is 12.3. The quantitative estimate of drug-likeness (QED) is 0.551. The Kier molecular flexibility index (Phi) is 7.11. The molecule has 0 saturated carbocycles. The zero-order valence-corrected chi connectivity index (χ0v) is 15.4. The number of esters is 1. The second kappa shape index (κ2) is 9.73. The van der Waals surface area contributed by atoms with Crippen LogP contribution in [-0.4, -0.2) is 38.5 Å². The number of amides is 1. The molecule has 0 aliphatic carbocycles. The fourth-order valence-corrected chi connectivity index (χ4v) is 2.27. The van der Waals surface area contributed by atoms with Crippen molar-refractivity contribution in [3.05, 3.63) is 53.6 Å². The third-order valence-electron chi connectivity index (χ3n) is 3.68. The summed E-state index contributed by atoms with van der Waals surface area (Å²) in [5, 5.41) is 11.0. The molecular weight excluding hydrogens is 364 g/mol. The van der Waals surface area contributed by atoms with Gasteiger partial charge in [0.05, 0.1) is 25.9 Å². The average molecular weight is 382 g/mol. The van der Waals surface area contributed by atoms with E-state index in [1.165, 1.54) is 44.6 Å². The number of carbonyl (C=O) groups excluding carboxylic acids is 3. The summed E-state index contributed by atoms with van der Waals surface area (Å²) in [5.41, 5.74) is 0.984. The van der Waals surface area contributed by atoms with Gasteiger partial charge in [0, 0.05) is 11.3 Å². The Balaban J connectivity index is 1.95. The van der Waals surface area contributed by atoms with Crippen molar-refractivity contribution in [2.24, 2.45) is 0 Å². The van der Waals surface area contributed by atoms with E-state index >= 15 is 0 Å². The summed E-state index contributed by atoms with van der Waals surface area (Å²) in [7, 11) is 2.94. The Morgan fingerprint density at radius 1 is 0.964 bits per heavy atom. The highest BCUT2D eigenvalue weighted by Gasteiger charge is 2.14. The molecule has 2 aromatic rings. The maximum atomic E-state index is 12.2. The van der Waals surface area contributed by atoms with Gasteiger partial charge in [0.1, 0.15) is 6.42 Å². The van der Waals surface area contributed by atoms with Gasteiger partial charge in [0.2, 0.25) is 5.91 Å². The second-order valence-corrected chi connectivity index (χ2v) is 5.53. The standard InChI is InChI=1S/C20H18N2O6/c1-26-17-8-5-14(11-18(17)27-2)16(23)12-28-20(25)13-3-6-15(7-4-13)22-19(24)9-10-21/h3-8,11H,9,12H2,1-2H3,(H,22,24). The maximum Gasteiger partial charge on any atom is 0.338 e. The molecule has 0 heterocycles. The van der Waals surface area contributed by atoms with E-state index in [2.05, 4.69) is 5.32 Å². The third kappa shape index (κ3) is 5.32. The fourth-order valence-electron chi connectivity index (χ4n) is 2.27. The van der Waals surface area contributed by atoms with Crippen molar-refractivity contribution in [1.82, 2.24) is 0 Å². The summed E-state index contributed by atoms with van der Waals surface area (Å²) in [6.45, 7) is -0.436. The number of hydrogen-bond donors (Lipinski definition) is 1. The van der Waals surface area contributed by atoms with E-state index in [4.69, 9.17) is 19.5 Å². The molecule has 0 unspecified atom stereocenters. The number of Topliss-reactive ketones (excluding diaryl/α,β-unsaturated/α-hetero) is 1. The van der Waals surface area contributed by atoms with Gasteiger partial charge >= 0.3 is 5.97 Å². The van der Waals surface area contributed by atoms with Crippen LogP contribution in [0.4, 0.5) is 5.69 Å². The molecule has 1 amide bonds. The van der Waals surface area contributed by atoms with Gasteiger partial charge in [-0.05, 0) is 42.5 Å². The van der Waals surface area contributed by atoms with Crippen molar-refractivity contribution in [2.75, 3.05) is 26.1 Å². The number of carbonyl (C=O) groups is 3. The summed E-state index contributed by atoms with van der Waals surface area (Å²) in [4.78, 5) is 35.7. The van der Waals surface area contributed by atoms with Crippen molar-refractivity contribution in [1.29, 1.82) is 5.26 Å². The molecule has 8 nitrogen and oxygen atoms in total. The molecule has 1 N–H and O–H groups in total. The number of rotatable bonds is 8. The van der Waals surface area contributed by atoms with Gasteiger partial charge < -0.3 is 19.5 Å². The molecule has 0 atom stereocenters. The molecule has 0 saturated heterocycles. The molecular formula is C20H18N2O6. The first-order valence-corrected chi connectivity index (χ1v) is 8.17. The molecule has 0 aromatic heterocycles. The first-order valence-electron chi connectivity index (χ1n) is 8.17. The van der Waals surface area contributed by atoms with E-state index in [9.17, 15) is 14.4 Å². The topological polar surface area (TPSA) is 115 Å². The van der Waals surface area contributed by atoms with E-state index in [-0.39, 0.29) is 12.0 Å². The smallest absolute Gasteiger partial charge is 0.338 e. The van der Waals surface area contributed by atoms with Gasteiger partial charge in [-0.3, -0.25) is 9.59 Å². The predicted octanol–water partition coefficient (Wildman–Crippen LogP) is 2.60. The first kappa shape index (κ1) is 20.5. The minimum absolute atomic E-state index is 0.221. The van der Waals surface area contributed by atoms with Crippen LogP contribution in [0.25, 0.3) is 0 Å². The molecule has 8 heteroatoms. The largest absolute Gasteiger partial charge is 0.493 e. The monoisotopic (exact) mass is 382 g/mol. The number of nitriles is 1. The van der Waals surface area contributed by atoms with E-state index < -0.39 is 24.3 Å². The Labute approximate surface area is 161 Å². The van der Waals surface area contributed by atoms with E-state index in [0.29, 0.717) is 22.7 Å². The van der Waals surface area contributed by atoms with Gasteiger partial charge in [-0.2, -0.15) is 5.26 Å². The van der Waals surface area contributed by atoms with Crippen LogP contribution in [0.3, 0.4) is 0 Å². The van der Waals surface area contributed by atoms with E-state index in [0.717, 1.165) is 0 Å². The number of hydrogen-bond acceptors (Lipinski definition) is 7. The van der Waals surface area contributed by atoms with Gasteiger partial charge in [-0.15, -0.1) is 0 Å². The number of ketones is 1. The lowest BCUT2D eigenvalue weighted by Gasteiger charge is -2.09. The molecule has 0 radical (unpaired) electrons. The lowest BCUT2D eigenvalue weighted by molar-refractivity contribution is -0.115. The predicted molar refractivity (Wildman–Crippen MR) is 99.5 cm³/mol. The molecule has 0 bridgehead atoms. The van der Waals surface area contributed by atoms with Crippen LogP contribution < -0.4 is 14.8 Å². The van der Waals surface area contributed by atoms with Crippen LogP contribution >= 0.6 is 0 Å². The van der Waals surface area contributed by atoms with Crippen molar-refractivity contribution < 1.29 is 28.6 Å². The molecule has 2 rings (SSSR count). The normalized spacial score (nSPS) is 9.75. The van der Waals surface area contributed by atoms with Crippen LogP contribution in [0.2, 0.25) is 0 Å². The molecule has 2 aromatic carbocycles. The molecule has 144 valence electrons. The third-order valence-corrected chi connectivity index (χ3v) is 3.68. The van der Waals surface area contributed by atoms with Crippen molar-refractivity contribution in [3.8, 4) is 17.6 Å². The Morgan fingerprint density at radius 2 is 1.61 bits per heavy atom. The number of ether oxygens (including phenoxy) is 3. The molecule has 0 fully saturated rings. The Morgan fingerprint density at radius 3 is 2.21 bits per heavy atom. The summed E-state index contributed by atoms with van der Waals surface area (Å²) in [6.07, 6.45) is -0.262. The summed E-state index contributed by atoms with van der Waals surface area (Å²) >= 11 is 0. The van der Waals surface area contributed by atoms with Crippen LogP contribution in [0.1, 0.15) is 27.1 Å². The van der Waals surface area contributed by atoms with Gasteiger partial charge in [0.15, 0.2) is 23.9 Å². The lowest BCUT2D eigenvalue weighted by Crippen LogP contribution is -2.15. The molecule has 0 spiro atoms. The maximum absolute atomic E-state index is 12.2. The zero-order chi connectivity index (χ0) is 20.5. The van der Waals surface area contributed by atoms with Gasteiger partial charge in [-0.25, -0.2) is 4.79 Å². The Bertz CT molecular complexity index is 915. The molecule has 0 aliphatic heterocycles. The molecule has 28 heavy (non-hydrogen) atoms. The van der Waals surface area contributed by atoms with Crippen LogP contribution in [0.5, 0.6) is 11.5 Å². The minimum Gasteiger partial charge on any atom is -0.493 e. The minimum atomic E-state index is -0.677. The van der Waals surface area contributed by atoms with E-state index in [1.807, 2.05) is 0 Å².